The van der Waals surface area contributed by atoms with Crippen LogP contribution < -0.4 is 15.8 Å². The Hall–Kier alpha value is -1.52. The average molecular weight is 349 g/mol. The van der Waals surface area contributed by atoms with E-state index in [0.717, 1.165) is 34.5 Å². The van der Waals surface area contributed by atoms with Gasteiger partial charge in [-0.2, -0.15) is 0 Å². The second kappa shape index (κ2) is 8.05. The molecule has 0 aliphatic carbocycles. The summed E-state index contributed by atoms with van der Waals surface area (Å²) in [6.07, 6.45) is 1.00. The molecular formula is C17H21BrN2O. The Bertz CT molecular complexity index is 574. The monoisotopic (exact) mass is 348 g/mol. The predicted molar refractivity (Wildman–Crippen MR) is 91.8 cm³/mol. The quantitative estimate of drug-likeness (QED) is 0.781. The van der Waals surface area contributed by atoms with E-state index in [1.54, 1.807) is 0 Å². The van der Waals surface area contributed by atoms with E-state index in [-0.39, 0.29) is 6.04 Å². The highest BCUT2D eigenvalue weighted by atomic mass is 79.9. The van der Waals surface area contributed by atoms with Gasteiger partial charge in [-0.1, -0.05) is 41.1 Å². The number of halogens is 1. The molecule has 1 atom stereocenters. The minimum atomic E-state index is 0.0597. The first-order chi connectivity index (χ1) is 10.2. The smallest absolute Gasteiger partial charge is 0.119 e. The van der Waals surface area contributed by atoms with Crippen molar-refractivity contribution >= 4 is 21.6 Å². The molecule has 0 fully saturated rings. The van der Waals surface area contributed by atoms with Crippen LogP contribution in [0.15, 0.2) is 53.0 Å². The third kappa shape index (κ3) is 4.76. The normalized spacial score (nSPS) is 12.0. The molecule has 0 spiro atoms. The molecule has 0 amide bonds. The highest BCUT2D eigenvalue weighted by Crippen LogP contribution is 2.24. The van der Waals surface area contributed by atoms with Crippen molar-refractivity contribution in [3.63, 3.8) is 0 Å². The molecule has 3 N–H and O–H groups in total. The third-order valence-electron chi connectivity index (χ3n) is 3.13. The Morgan fingerprint density at radius 1 is 1.19 bits per heavy atom. The van der Waals surface area contributed by atoms with Crippen molar-refractivity contribution in [1.82, 2.24) is 0 Å². The van der Waals surface area contributed by atoms with Crippen LogP contribution in [0.2, 0.25) is 0 Å². The fraction of sp³-hybridized carbons (Fsp3) is 0.294. The molecular weight excluding hydrogens is 328 g/mol. The summed E-state index contributed by atoms with van der Waals surface area (Å²) in [7, 11) is 0. The van der Waals surface area contributed by atoms with Crippen LogP contribution in [0.5, 0.6) is 5.75 Å². The molecule has 1 unspecified atom stereocenters. The van der Waals surface area contributed by atoms with E-state index in [4.69, 9.17) is 10.5 Å². The molecule has 0 saturated heterocycles. The second-order valence-corrected chi connectivity index (χ2v) is 5.78. The van der Waals surface area contributed by atoms with Gasteiger partial charge in [-0.3, -0.25) is 0 Å². The molecule has 3 nitrogen and oxygen atoms in total. The Labute approximate surface area is 134 Å². The first-order valence-corrected chi connectivity index (χ1v) is 7.97. The van der Waals surface area contributed by atoms with Gasteiger partial charge >= 0.3 is 0 Å². The van der Waals surface area contributed by atoms with Crippen LogP contribution in [0.25, 0.3) is 0 Å². The summed E-state index contributed by atoms with van der Waals surface area (Å²) in [5.74, 6) is 0.892. The number of anilines is 1. The van der Waals surface area contributed by atoms with Crippen molar-refractivity contribution in [2.24, 2.45) is 5.73 Å². The fourth-order valence-electron chi connectivity index (χ4n) is 2.10. The van der Waals surface area contributed by atoms with Gasteiger partial charge < -0.3 is 15.8 Å². The maximum absolute atomic E-state index is 5.93. The van der Waals surface area contributed by atoms with E-state index in [2.05, 4.69) is 40.3 Å². The molecule has 2 aromatic carbocycles. The van der Waals surface area contributed by atoms with Crippen molar-refractivity contribution in [2.45, 2.75) is 19.4 Å². The van der Waals surface area contributed by atoms with Gasteiger partial charge in [0.1, 0.15) is 5.75 Å². The minimum Gasteiger partial charge on any atom is -0.494 e. The summed E-state index contributed by atoms with van der Waals surface area (Å²) in [4.78, 5) is 0. The van der Waals surface area contributed by atoms with Crippen LogP contribution in [-0.4, -0.2) is 13.2 Å². The van der Waals surface area contributed by atoms with Gasteiger partial charge in [0.05, 0.1) is 12.6 Å². The van der Waals surface area contributed by atoms with Gasteiger partial charge in [-0.05, 0) is 42.3 Å². The molecule has 2 aromatic rings. The minimum absolute atomic E-state index is 0.0597. The summed E-state index contributed by atoms with van der Waals surface area (Å²) in [6.45, 7) is 3.35. The van der Waals surface area contributed by atoms with E-state index >= 15 is 0 Å². The maximum atomic E-state index is 5.93. The van der Waals surface area contributed by atoms with Crippen LogP contribution in [-0.2, 0) is 0 Å². The zero-order chi connectivity index (χ0) is 15.1. The number of nitrogens with two attached hydrogens (primary N) is 1. The lowest BCUT2D eigenvalue weighted by Crippen LogP contribution is -2.20. The zero-order valence-corrected chi connectivity index (χ0v) is 13.8. The van der Waals surface area contributed by atoms with E-state index in [0.29, 0.717) is 6.54 Å². The molecule has 0 bridgehead atoms. The van der Waals surface area contributed by atoms with Crippen molar-refractivity contribution in [2.75, 3.05) is 18.5 Å². The standard InChI is InChI=1S/C17H21BrN2O/c1-2-9-21-16-8-3-5-13(10-16)17(12-19)20-15-7-4-6-14(18)11-15/h3-8,10-11,17,20H,2,9,12,19H2,1H3. The molecule has 0 heterocycles. The van der Waals surface area contributed by atoms with E-state index < -0.39 is 0 Å². The number of hydrogen-bond acceptors (Lipinski definition) is 3. The number of hydrogen-bond donors (Lipinski definition) is 2. The molecule has 0 aliphatic heterocycles. The number of rotatable bonds is 7. The molecule has 2 rings (SSSR count). The molecule has 112 valence electrons. The predicted octanol–water partition coefficient (Wildman–Crippen LogP) is 4.35. The van der Waals surface area contributed by atoms with Gasteiger partial charge in [0, 0.05) is 16.7 Å². The summed E-state index contributed by atoms with van der Waals surface area (Å²) < 4.78 is 6.73. The van der Waals surface area contributed by atoms with Gasteiger partial charge in [-0.15, -0.1) is 0 Å². The third-order valence-corrected chi connectivity index (χ3v) is 3.63. The zero-order valence-electron chi connectivity index (χ0n) is 12.2. The first kappa shape index (κ1) is 15.9. The van der Waals surface area contributed by atoms with E-state index in [9.17, 15) is 0 Å². The first-order valence-electron chi connectivity index (χ1n) is 7.18. The van der Waals surface area contributed by atoms with Crippen LogP contribution in [0.1, 0.15) is 24.9 Å². The lowest BCUT2D eigenvalue weighted by Gasteiger charge is -2.19. The molecule has 21 heavy (non-hydrogen) atoms. The second-order valence-electron chi connectivity index (χ2n) is 4.86. The lowest BCUT2D eigenvalue weighted by molar-refractivity contribution is 0.317. The van der Waals surface area contributed by atoms with Crippen molar-refractivity contribution in [3.05, 3.63) is 58.6 Å². The van der Waals surface area contributed by atoms with Crippen molar-refractivity contribution in [1.29, 1.82) is 0 Å². The molecule has 0 radical (unpaired) electrons. The average Bonchev–Trinajstić information content (AvgIpc) is 2.51. The summed E-state index contributed by atoms with van der Waals surface area (Å²) in [5, 5.41) is 3.46. The Kier molecular flexibility index (Phi) is 6.08. The molecule has 0 saturated carbocycles. The van der Waals surface area contributed by atoms with Gasteiger partial charge in [0.25, 0.3) is 0 Å². The molecule has 0 aromatic heterocycles. The lowest BCUT2D eigenvalue weighted by atomic mass is 10.1. The fourth-order valence-corrected chi connectivity index (χ4v) is 2.50. The summed E-state index contributed by atoms with van der Waals surface area (Å²) in [6, 6.07) is 16.2. The Balaban J connectivity index is 2.13. The van der Waals surface area contributed by atoms with E-state index in [1.165, 1.54) is 0 Å². The SMILES string of the molecule is CCCOc1cccc(C(CN)Nc2cccc(Br)c2)c1. The van der Waals surface area contributed by atoms with Crippen molar-refractivity contribution in [3.8, 4) is 5.75 Å². The number of benzene rings is 2. The van der Waals surface area contributed by atoms with Crippen molar-refractivity contribution < 1.29 is 4.74 Å². The van der Waals surface area contributed by atoms with Gasteiger partial charge in [0.2, 0.25) is 0 Å². The van der Waals surface area contributed by atoms with E-state index in [1.807, 2.05) is 36.4 Å². The Morgan fingerprint density at radius 2 is 2.00 bits per heavy atom. The summed E-state index contributed by atoms with van der Waals surface area (Å²) in [5.41, 5.74) is 8.10. The van der Waals surface area contributed by atoms with Gasteiger partial charge in [0.15, 0.2) is 0 Å². The van der Waals surface area contributed by atoms with Gasteiger partial charge in [-0.25, -0.2) is 0 Å². The van der Waals surface area contributed by atoms with Crippen LogP contribution in [0.3, 0.4) is 0 Å². The maximum Gasteiger partial charge on any atom is 0.119 e. The number of ether oxygens (including phenoxy) is 1. The topological polar surface area (TPSA) is 47.3 Å². The van der Waals surface area contributed by atoms with Crippen LogP contribution in [0.4, 0.5) is 5.69 Å². The summed E-state index contributed by atoms with van der Waals surface area (Å²) >= 11 is 3.48. The molecule has 4 heteroatoms. The Morgan fingerprint density at radius 3 is 2.71 bits per heavy atom. The highest BCUT2D eigenvalue weighted by Gasteiger charge is 2.10. The number of nitrogens with one attached hydrogen (secondary N) is 1. The highest BCUT2D eigenvalue weighted by molar-refractivity contribution is 9.10. The van der Waals surface area contributed by atoms with Crippen LogP contribution >= 0.6 is 15.9 Å². The van der Waals surface area contributed by atoms with Crippen LogP contribution in [0, 0.1) is 0 Å². The molecule has 0 aliphatic rings. The largest absolute Gasteiger partial charge is 0.494 e.